The third-order valence-electron chi connectivity index (χ3n) is 4.02. The van der Waals surface area contributed by atoms with E-state index in [1.54, 1.807) is 0 Å². The van der Waals surface area contributed by atoms with E-state index in [2.05, 4.69) is 32.9 Å². The summed E-state index contributed by atoms with van der Waals surface area (Å²) in [5.74, 6) is 0.920. The van der Waals surface area contributed by atoms with Crippen molar-refractivity contribution >= 4 is 0 Å². The molecule has 1 unspecified atom stereocenters. The van der Waals surface area contributed by atoms with Crippen molar-refractivity contribution in [1.29, 1.82) is 0 Å². The van der Waals surface area contributed by atoms with Crippen LogP contribution in [0, 0.1) is 5.92 Å². The van der Waals surface area contributed by atoms with E-state index in [0.29, 0.717) is 0 Å². The minimum atomic E-state index is 0.920. The Morgan fingerprint density at radius 1 is 0.632 bits per heavy atom. The molecule has 0 aliphatic heterocycles. The summed E-state index contributed by atoms with van der Waals surface area (Å²) in [6.07, 6.45) is 22.9. The lowest BCUT2D eigenvalue weighted by Gasteiger charge is -2.07. The Balaban J connectivity index is 3.16. The lowest BCUT2D eigenvalue weighted by Crippen LogP contribution is -1.93. The first-order valence-electron chi connectivity index (χ1n) is 8.96. The molecule has 0 aromatic heterocycles. The van der Waals surface area contributed by atoms with Gasteiger partial charge in [0.15, 0.2) is 0 Å². The van der Waals surface area contributed by atoms with Crippen molar-refractivity contribution in [2.75, 3.05) is 0 Å². The van der Waals surface area contributed by atoms with E-state index in [9.17, 15) is 0 Å². The van der Waals surface area contributed by atoms with Crippen molar-refractivity contribution in [3.63, 3.8) is 0 Å². The Morgan fingerprint density at radius 2 is 1.21 bits per heavy atom. The van der Waals surface area contributed by atoms with E-state index in [0.717, 1.165) is 5.92 Å². The number of hydrogen-bond donors (Lipinski definition) is 0. The van der Waals surface area contributed by atoms with Crippen LogP contribution in [-0.2, 0) is 0 Å². The smallest absolute Gasteiger partial charge is 0.0348 e. The van der Waals surface area contributed by atoms with Gasteiger partial charge in [0.05, 0.1) is 0 Å². The normalized spacial score (nSPS) is 13.2. The molecule has 19 heavy (non-hydrogen) atoms. The zero-order valence-corrected chi connectivity index (χ0v) is 13.9. The van der Waals surface area contributed by atoms with Gasteiger partial charge in [0.1, 0.15) is 0 Å². The molecule has 0 N–H and O–H groups in total. The van der Waals surface area contributed by atoms with Gasteiger partial charge in [-0.05, 0) is 31.6 Å². The Morgan fingerprint density at radius 3 is 1.89 bits per heavy atom. The summed E-state index contributed by atoms with van der Waals surface area (Å²) in [5, 5.41) is 0. The average molecular weight is 267 g/mol. The van der Waals surface area contributed by atoms with Gasteiger partial charge in [-0.3, -0.25) is 0 Å². The largest absolute Gasteiger partial charge is 0.0885 e. The molecule has 1 atom stereocenters. The number of hydrogen-bond acceptors (Lipinski definition) is 0. The van der Waals surface area contributed by atoms with E-state index in [-0.39, 0.29) is 0 Å². The monoisotopic (exact) mass is 266 g/mol. The molecule has 0 nitrogen and oxygen atoms in total. The van der Waals surface area contributed by atoms with Gasteiger partial charge in [-0.15, -0.1) is 0 Å². The van der Waals surface area contributed by atoms with E-state index in [4.69, 9.17) is 0 Å². The standard InChI is InChI=1S/C19H38/c1-4-6-8-9-10-11-12-13-14-15-16-18-19(3)17-7-5-2/h14-15,19H,4-13,16-18H2,1-3H3/b15-14+. The molecule has 0 aromatic rings. The van der Waals surface area contributed by atoms with Crippen LogP contribution < -0.4 is 0 Å². The SMILES string of the molecule is CCCCCCCCC/C=C/CCC(C)CCCC. The molecule has 0 amide bonds. The maximum Gasteiger partial charge on any atom is -0.0348 e. The summed E-state index contributed by atoms with van der Waals surface area (Å²) in [6.45, 7) is 6.97. The molecule has 0 saturated heterocycles. The Bertz CT molecular complexity index is 180. The number of rotatable bonds is 14. The molecule has 0 saturated carbocycles. The first kappa shape index (κ1) is 18.7. The fourth-order valence-corrected chi connectivity index (χ4v) is 2.53. The van der Waals surface area contributed by atoms with Crippen LogP contribution in [0.1, 0.15) is 104 Å². The number of allylic oxidation sites excluding steroid dienone is 2. The van der Waals surface area contributed by atoms with Gasteiger partial charge in [0.2, 0.25) is 0 Å². The van der Waals surface area contributed by atoms with Gasteiger partial charge in [-0.2, -0.15) is 0 Å². The fourth-order valence-electron chi connectivity index (χ4n) is 2.53. The summed E-state index contributed by atoms with van der Waals surface area (Å²) in [7, 11) is 0. The van der Waals surface area contributed by atoms with Crippen LogP contribution in [0.5, 0.6) is 0 Å². The maximum atomic E-state index is 2.42. The Labute approximate surface area is 123 Å². The third kappa shape index (κ3) is 15.7. The van der Waals surface area contributed by atoms with Crippen LogP contribution in [0.15, 0.2) is 12.2 Å². The first-order chi connectivity index (χ1) is 9.31. The van der Waals surface area contributed by atoms with E-state index < -0.39 is 0 Å². The molecule has 0 heteroatoms. The molecule has 0 aliphatic rings. The highest BCUT2D eigenvalue weighted by Crippen LogP contribution is 2.14. The van der Waals surface area contributed by atoms with Crippen LogP contribution in [0.4, 0.5) is 0 Å². The summed E-state index contributed by atoms with van der Waals surface area (Å²) in [5.41, 5.74) is 0. The lowest BCUT2D eigenvalue weighted by molar-refractivity contribution is 0.475. The van der Waals surface area contributed by atoms with Crippen molar-refractivity contribution in [3.05, 3.63) is 12.2 Å². The highest BCUT2D eigenvalue weighted by molar-refractivity contribution is 4.81. The second-order valence-corrected chi connectivity index (χ2v) is 6.21. The predicted molar refractivity (Wildman–Crippen MR) is 89.7 cm³/mol. The van der Waals surface area contributed by atoms with Crippen molar-refractivity contribution in [2.45, 2.75) is 104 Å². The molecule has 0 bridgehead atoms. The highest BCUT2D eigenvalue weighted by Gasteiger charge is 1.98. The molecule has 0 radical (unpaired) electrons. The molecular weight excluding hydrogens is 228 g/mol. The molecule has 0 aromatic carbocycles. The molecule has 0 spiro atoms. The van der Waals surface area contributed by atoms with Crippen molar-refractivity contribution in [2.24, 2.45) is 5.92 Å². The second kappa shape index (κ2) is 15.8. The van der Waals surface area contributed by atoms with E-state index >= 15 is 0 Å². The fraction of sp³-hybridized carbons (Fsp3) is 0.895. The molecule has 114 valence electrons. The highest BCUT2D eigenvalue weighted by atomic mass is 14.0. The van der Waals surface area contributed by atoms with Crippen molar-refractivity contribution in [1.82, 2.24) is 0 Å². The average Bonchev–Trinajstić information content (AvgIpc) is 2.42. The Hall–Kier alpha value is -0.260. The molecule has 0 fully saturated rings. The van der Waals surface area contributed by atoms with Gasteiger partial charge in [-0.25, -0.2) is 0 Å². The molecule has 0 rings (SSSR count). The summed E-state index contributed by atoms with van der Waals surface area (Å²) in [6, 6.07) is 0. The van der Waals surface area contributed by atoms with Crippen LogP contribution in [0.25, 0.3) is 0 Å². The quantitative estimate of drug-likeness (QED) is 0.229. The minimum Gasteiger partial charge on any atom is -0.0885 e. The van der Waals surface area contributed by atoms with Gasteiger partial charge in [-0.1, -0.05) is 90.7 Å². The van der Waals surface area contributed by atoms with Crippen LogP contribution in [0.2, 0.25) is 0 Å². The van der Waals surface area contributed by atoms with Crippen LogP contribution in [-0.4, -0.2) is 0 Å². The maximum absolute atomic E-state index is 2.42. The number of unbranched alkanes of at least 4 members (excludes halogenated alkanes) is 8. The predicted octanol–water partition coefficient (Wildman–Crippen LogP) is 7.29. The summed E-state index contributed by atoms with van der Waals surface area (Å²) >= 11 is 0. The zero-order chi connectivity index (χ0) is 14.2. The van der Waals surface area contributed by atoms with Crippen LogP contribution in [0.3, 0.4) is 0 Å². The lowest BCUT2D eigenvalue weighted by atomic mass is 9.99. The summed E-state index contributed by atoms with van der Waals surface area (Å²) in [4.78, 5) is 0. The van der Waals surface area contributed by atoms with Gasteiger partial charge in [0, 0.05) is 0 Å². The first-order valence-corrected chi connectivity index (χ1v) is 8.96. The molecular formula is C19H38. The van der Waals surface area contributed by atoms with Gasteiger partial charge >= 0.3 is 0 Å². The molecule has 0 heterocycles. The van der Waals surface area contributed by atoms with Crippen molar-refractivity contribution < 1.29 is 0 Å². The van der Waals surface area contributed by atoms with Crippen molar-refractivity contribution in [3.8, 4) is 0 Å². The Kier molecular flexibility index (Phi) is 15.6. The van der Waals surface area contributed by atoms with Gasteiger partial charge < -0.3 is 0 Å². The van der Waals surface area contributed by atoms with E-state index in [1.807, 2.05) is 0 Å². The third-order valence-corrected chi connectivity index (χ3v) is 4.02. The topological polar surface area (TPSA) is 0 Å². The van der Waals surface area contributed by atoms with Crippen LogP contribution >= 0.6 is 0 Å². The molecule has 0 aliphatic carbocycles. The van der Waals surface area contributed by atoms with E-state index in [1.165, 1.54) is 83.5 Å². The second-order valence-electron chi connectivity index (χ2n) is 6.21. The minimum absolute atomic E-state index is 0.920. The van der Waals surface area contributed by atoms with Gasteiger partial charge in [0.25, 0.3) is 0 Å². The zero-order valence-electron chi connectivity index (χ0n) is 13.9. The summed E-state index contributed by atoms with van der Waals surface area (Å²) < 4.78 is 0.